The molecule has 0 saturated carbocycles. The molecule has 0 bridgehead atoms. The van der Waals surface area contributed by atoms with Crippen LogP contribution in [0.1, 0.15) is 6.92 Å². The summed E-state index contributed by atoms with van der Waals surface area (Å²) in [5.41, 5.74) is 16.5. The number of nitrogens with one attached hydrogen (secondary N) is 1. The van der Waals surface area contributed by atoms with Gasteiger partial charge < -0.3 is 47.7 Å². The van der Waals surface area contributed by atoms with E-state index in [0.29, 0.717) is 0 Å². The normalized spacial score (nSPS) is 22.8. The molecule has 0 spiro atoms. The summed E-state index contributed by atoms with van der Waals surface area (Å²) in [6.45, 7) is 0.557. The Kier molecular flexibility index (Phi) is 10.0. The number of nitrogens with zero attached hydrogens (tertiary/aromatic N) is 1. The SMILES string of the molecule is CC(=O)N[C@H]1[C@H]([C@H](N)[C@H](O)CO)OC(C(=O)O)=C[C@@H]1N=C(N)N.O=C(O)C(F)(F)F. The Balaban J connectivity index is 0.00000103. The zero-order valence-electron chi connectivity index (χ0n) is 15.4. The summed E-state index contributed by atoms with van der Waals surface area (Å²) in [6.07, 6.45) is -6.54. The van der Waals surface area contributed by atoms with Gasteiger partial charge in [-0.3, -0.25) is 4.79 Å². The van der Waals surface area contributed by atoms with Gasteiger partial charge in [0.25, 0.3) is 0 Å². The Hall–Kier alpha value is -3.11. The highest BCUT2D eigenvalue weighted by molar-refractivity contribution is 5.85. The number of nitrogens with two attached hydrogens (primary N) is 3. The topological polar surface area (TPSA) is 244 Å². The van der Waals surface area contributed by atoms with Gasteiger partial charge in [-0.15, -0.1) is 0 Å². The molecule has 13 nitrogen and oxygen atoms in total. The lowest BCUT2D eigenvalue weighted by molar-refractivity contribution is -0.192. The molecule has 0 saturated heterocycles. The third-order valence-electron chi connectivity index (χ3n) is 3.44. The molecule has 30 heavy (non-hydrogen) atoms. The minimum atomic E-state index is -5.08. The van der Waals surface area contributed by atoms with Crippen molar-refractivity contribution in [3.8, 4) is 0 Å². The second kappa shape index (κ2) is 11.2. The van der Waals surface area contributed by atoms with E-state index in [1.807, 2.05) is 0 Å². The number of aliphatic hydroxyl groups excluding tert-OH is 2. The number of alkyl halides is 3. The maximum Gasteiger partial charge on any atom is 0.490 e. The van der Waals surface area contributed by atoms with Gasteiger partial charge in [0.2, 0.25) is 11.7 Å². The van der Waals surface area contributed by atoms with E-state index in [-0.39, 0.29) is 5.96 Å². The molecule has 0 aliphatic carbocycles. The fourth-order valence-electron chi connectivity index (χ4n) is 2.18. The van der Waals surface area contributed by atoms with Crippen molar-refractivity contribution in [1.82, 2.24) is 5.32 Å². The second-order valence-electron chi connectivity index (χ2n) is 5.82. The van der Waals surface area contributed by atoms with Crippen LogP contribution in [0.4, 0.5) is 13.2 Å². The molecule has 0 aromatic heterocycles. The molecule has 1 aliphatic rings. The number of carbonyl (C=O) groups excluding carboxylic acids is 1. The van der Waals surface area contributed by atoms with E-state index < -0.39 is 66.7 Å². The summed E-state index contributed by atoms with van der Waals surface area (Å²) in [5, 5.41) is 37.5. The highest BCUT2D eigenvalue weighted by atomic mass is 19.4. The molecule has 0 aromatic rings. The van der Waals surface area contributed by atoms with Gasteiger partial charge in [0.1, 0.15) is 6.10 Å². The summed E-state index contributed by atoms with van der Waals surface area (Å²) < 4.78 is 37.0. The van der Waals surface area contributed by atoms with Crippen LogP contribution >= 0.6 is 0 Å². The predicted octanol–water partition coefficient (Wildman–Crippen LogP) is -3.19. The molecule has 16 heteroatoms. The van der Waals surface area contributed by atoms with Crippen LogP contribution in [0.15, 0.2) is 16.8 Å². The van der Waals surface area contributed by atoms with E-state index in [9.17, 15) is 27.9 Å². The van der Waals surface area contributed by atoms with Crippen LogP contribution in [0.2, 0.25) is 0 Å². The van der Waals surface area contributed by atoms with E-state index in [1.165, 1.54) is 6.92 Å². The molecule has 0 unspecified atom stereocenters. The zero-order valence-corrected chi connectivity index (χ0v) is 15.4. The number of aliphatic imine (C=N–C) groups is 1. The Morgan fingerprint density at radius 1 is 1.30 bits per heavy atom. The van der Waals surface area contributed by atoms with Crippen molar-refractivity contribution in [2.24, 2.45) is 22.2 Å². The number of ether oxygens (including phenoxy) is 1. The lowest BCUT2D eigenvalue weighted by Gasteiger charge is -2.39. The number of aliphatic hydroxyl groups is 2. The molecule has 1 rings (SSSR count). The maximum atomic E-state index is 11.4. The minimum Gasteiger partial charge on any atom is -0.479 e. The number of halogens is 3. The highest BCUT2D eigenvalue weighted by Crippen LogP contribution is 2.24. The van der Waals surface area contributed by atoms with Crippen molar-refractivity contribution in [3.05, 3.63) is 11.8 Å². The molecule has 5 atom stereocenters. The Morgan fingerprint density at radius 2 is 1.80 bits per heavy atom. The molecular formula is C14H22F3N5O8. The molecule has 0 fully saturated rings. The summed E-state index contributed by atoms with van der Waals surface area (Å²) in [7, 11) is 0. The van der Waals surface area contributed by atoms with E-state index >= 15 is 0 Å². The van der Waals surface area contributed by atoms with Crippen LogP contribution < -0.4 is 22.5 Å². The number of hydrogen-bond acceptors (Lipinski definition) is 8. The van der Waals surface area contributed by atoms with Gasteiger partial charge in [-0.2, -0.15) is 13.2 Å². The number of carbonyl (C=O) groups is 3. The number of carboxylic acid groups (broad SMARTS) is 2. The van der Waals surface area contributed by atoms with Crippen molar-refractivity contribution in [2.75, 3.05) is 6.61 Å². The van der Waals surface area contributed by atoms with E-state index in [2.05, 4.69) is 10.3 Å². The third-order valence-corrected chi connectivity index (χ3v) is 3.44. The fraction of sp³-hybridized carbons (Fsp3) is 0.571. The first-order valence-electron chi connectivity index (χ1n) is 7.94. The molecule has 172 valence electrons. The number of amides is 1. The Morgan fingerprint density at radius 3 is 2.13 bits per heavy atom. The molecule has 0 radical (unpaired) electrons. The van der Waals surface area contributed by atoms with Gasteiger partial charge >= 0.3 is 18.1 Å². The Labute approximate surface area is 167 Å². The maximum absolute atomic E-state index is 11.4. The number of hydrogen-bond donors (Lipinski definition) is 8. The van der Waals surface area contributed by atoms with Crippen LogP contribution in [0.3, 0.4) is 0 Å². The Bertz CT molecular complexity index is 696. The van der Waals surface area contributed by atoms with E-state index in [1.54, 1.807) is 0 Å². The molecule has 0 aromatic carbocycles. The van der Waals surface area contributed by atoms with Crippen LogP contribution in [-0.4, -0.2) is 87.3 Å². The van der Waals surface area contributed by atoms with Crippen molar-refractivity contribution in [3.63, 3.8) is 0 Å². The first-order chi connectivity index (χ1) is 13.6. The largest absolute Gasteiger partial charge is 0.490 e. The van der Waals surface area contributed by atoms with Crippen LogP contribution in [0, 0.1) is 0 Å². The number of carboxylic acids is 2. The van der Waals surface area contributed by atoms with Crippen molar-refractivity contribution in [1.29, 1.82) is 0 Å². The van der Waals surface area contributed by atoms with Crippen molar-refractivity contribution >= 4 is 23.8 Å². The average molecular weight is 445 g/mol. The summed E-state index contributed by atoms with van der Waals surface area (Å²) in [4.78, 5) is 35.3. The van der Waals surface area contributed by atoms with Crippen molar-refractivity contribution < 1.29 is 52.7 Å². The lowest BCUT2D eigenvalue weighted by Crippen LogP contribution is -2.62. The van der Waals surface area contributed by atoms with E-state index in [4.69, 9.17) is 42.1 Å². The predicted molar refractivity (Wildman–Crippen MR) is 92.6 cm³/mol. The molecule has 1 amide bonds. The van der Waals surface area contributed by atoms with Crippen LogP contribution in [-0.2, 0) is 19.1 Å². The van der Waals surface area contributed by atoms with Gasteiger partial charge in [0.15, 0.2) is 5.96 Å². The summed E-state index contributed by atoms with van der Waals surface area (Å²) in [5.74, 6) is -5.42. The zero-order chi connectivity index (χ0) is 23.8. The van der Waals surface area contributed by atoms with Gasteiger partial charge in [-0.1, -0.05) is 0 Å². The van der Waals surface area contributed by atoms with Crippen LogP contribution in [0.5, 0.6) is 0 Å². The summed E-state index contributed by atoms with van der Waals surface area (Å²) in [6, 6.07) is -3.10. The van der Waals surface area contributed by atoms with Crippen LogP contribution in [0.25, 0.3) is 0 Å². The van der Waals surface area contributed by atoms with E-state index in [0.717, 1.165) is 6.08 Å². The third kappa shape index (κ3) is 8.50. The second-order valence-corrected chi connectivity index (χ2v) is 5.82. The quantitative estimate of drug-likeness (QED) is 0.149. The molecular weight excluding hydrogens is 423 g/mol. The lowest BCUT2D eigenvalue weighted by atomic mass is 9.91. The number of aliphatic carboxylic acids is 2. The first-order valence-corrected chi connectivity index (χ1v) is 7.94. The molecule has 1 heterocycles. The number of guanidine groups is 1. The highest BCUT2D eigenvalue weighted by Gasteiger charge is 2.43. The molecule has 1 aliphatic heterocycles. The van der Waals surface area contributed by atoms with Gasteiger partial charge in [0.05, 0.1) is 30.8 Å². The monoisotopic (exact) mass is 445 g/mol. The van der Waals surface area contributed by atoms with Crippen molar-refractivity contribution in [2.45, 2.75) is 43.4 Å². The van der Waals surface area contributed by atoms with Gasteiger partial charge in [-0.05, 0) is 6.08 Å². The van der Waals surface area contributed by atoms with Gasteiger partial charge in [-0.25, -0.2) is 14.6 Å². The average Bonchev–Trinajstić information content (AvgIpc) is 2.60. The standard InChI is InChI=1S/C12H21N5O6.C2HF3O2/c1-4(19)16-9-5(17-12(14)15)2-7(11(21)22)23-10(9)8(13)6(20)3-18;3-2(4,5)1(6)7/h2,5-6,8-10,18,20H,3,13H2,1H3,(H,16,19)(H,21,22)(H4,14,15,17);(H,6,7)/t5-,6+,8+,9+,10-;/m0./s1. The number of rotatable bonds is 6. The minimum absolute atomic E-state index is 0.330. The summed E-state index contributed by atoms with van der Waals surface area (Å²) >= 11 is 0. The first kappa shape index (κ1) is 26.9. The van der Waals surface area contributed by atoms with Gasteiger partial charge in [0, 0.05) is 6.92 Å². The molecule has 11 N–H and O–H groups in total. The smallest absolute Gasteiger partial charge is 0.479 e. The fourth-order valence-corrected chi connectivity index (χ4v) is 2.18.